The van der Waals surface area contributed by atoms with Gasteiger partial charge in [0.2, 0.25) is 5.91 Å². The normalized spacial score (nSPS) is 17.8. The van der Waals surface area contributed by atoms with Gasteiger partial charge in [-0.2, -0.15) is 0 Å². The van der Waals surface area contributed by atoms with Gasteiger partial charge in [-0.25, -0.2) is 14.5 Å². The van der Waals surface area contributed by atoms with Crippen LogP contribution in [-0.4, -0.2) is 45.3 Å². The topological polar surface area (TPSA) is 90.6 Å². The second kappa shape index (κ2) is 8.57. The molecule has 1 amide bonds. The van der Waals surface area contributed by atoms with Gasteiger partial charge in [-0.3, -0.25) is 4.79 Å². The molecule has 1 fully saturated rings. The van der Waals surface area contributed by atoms with Gasteiger partial charge in [0.1, 0.15) is 12.1 Å². The minimum absolute atomic E-state index is 0.0150. The van der Waals surface area contributed by atoms with Crippen molar-refractivity contribution in [2.75, 3.05) is 13.7 Å². The number of nitrogens with zero attached hydrogens (tertiary/aromatic N) is 4. The van der Waals surface area contributed by atoms with E-state index in [-0.39, 0.29) is 18.1 Å². The lowest BCUT2D eigenvalue weighted by Crippen LogP contribution is -2.32. The number of hydrogen-bond acceptors (Lipinski definition) is 6. The first-order chi connectivity index (χ1) is 14.1. The fourth-order valence-corrected chi connectivity index (χ4v) is 3.46. The smallest absolute Gasteiger partial charge is 0.223 e. The number of carbonyl (C=O) groups excluding carboxylic acids is 1. The summed E-state index contributed by atoms with van der Waals surface area (Å²) in [6.07, 6.45) is 5.16. The predicted octanol–water partition coefficient (Wildman–Crippen LogP) is 2.94. The van der Waals surface area contributed by atoms with Crippen molar-refractivity contribution in [1.82, 2.24) is 24.9 Å². The molecular formula is C21H25N5O3. The minimum Gasteiger partial charge on any atom is -0.497 e. The highest BCUT2D eigenvalue weighted by Gasteiger charge is 2.20. The summed E-state index contributed by atoms with van der Waals surface area (Å²) in [4.78, 5) is 21.4. The third-order valence-corrected chi connectivity index (χ3v) is 5.08. The van der Waals surface area contributed by atoms with E-state index in [4.69, 9.17) is 9.47 Å². The number of benzene rings is 1. The molecule has 0 spiro atoms. The van der Waals surface area contributed by atoms with Crippen LogP contribution in [0.4, 0.5) is 0 Å². The van der Waals surface area contributed by atoms with Crippen molar-refractivity contribution in [1.29, 1.82) is 0 Å². The number of rotatable bonds is 6. The molecule has 1 aliphatic rings. The lowest BCUT2D eigenvalue weighted by molar-refractivity contribution is -0.125. The van der Waals surface area contributed by atoms with Crippen molar-refractivity contribution in [3.63, 3.8) is 0 Å². The molecule has 8 heteroatoms. The van der Waals surface area contributed by atoms with E-state index in [1.165, 1.54) is 0 Å². The number of amides is 1. The summed E-state index contributed by atoms with van der Waals surface area (Å²) >= 11 is 0. The number of hydrogen-bond donors (Lipinski definition) is 1. The molecule has 0 aliphatic carbocycles. The van der Waals surface area contributed by atoms with Gasteiger partial charge in [0.05, 0.1) is 31.4 Å². The van der Waals surface area contributed by atoms with Crippen molar-refractivity contribution in [3.8, 4) is 17.0 Å². The number of fused-ring (bicyclic) bond motifs is 1. The lowest BCUT2D eigenvalue weighted by atomic mass is 10.1. The first-order valence-electron chi connectivity index (χ1n) is 9.90. The van der Waals surface area contributed by atoms with E-state index in [0.717, 1.165) is 42.9 Å². The zero-order valence-corrected chi connectivity index (χ0v) is 16.7. The molecule has 0 bridgehead atoms. The maximum Gasteiger partial charge on any atom is 0.223 e. The van der Waals surface area contributed by atoms with Crippen LogP contribution in [0.15, 0.2) is 36.7 Å². The van der Waals surface area contributed by atoms with Crippen LogP contribution in [0.25, 0.3) is 16.9 Å². The highest BCUT2D eigenvalue weighted by molar-refractivity contribution is 5.76. The summed E-state index contributed by atoms with van der Waals surface area (Å²) < 4.78 is 12.5. The summed E-state index contributed by atoms with van der Waals surface area (Å²) in [6, 6.07) is 9.27. The first kappa shape index (κ1) is 19.3. The van der Waals surface area contributed by atoms with Crippen LogP contribution < -0.4 is 10.1 Å². The Kier molecular flexibility index (Phi) is 5.71. The van der Waals surface area contributed by atoms with E-state index in [2.05, 4.69) is 20.4 Å². The molecule has 1 saturated heterocycles. The molecule has 2 atom stereocenters. The summed E-state index contributed by atoms with van der Waals surface area (Å²) in [5.41, 5.74) is 2.44. The van der Waals surface area contributed by atoms with Gasteiger partial charge in [-0.05, 0) is 50.5 Å². The molecule has 1 aromatic carbocycles. The third kappa shape index (κ3) is 4.54. The Morgan fingerprint density at radius 2 is 2.17 bits per heavy atom. The van der Waals surface area contributed by atoms with Crippen LogP contribution in [0, 0.1) is 0 Å². The van der Waals surface area contributed by atoms with Crippen molar-refractivity contribution >= 4 is 11.6 Å². The predicted molar refractivity (Wildman–Crippen MR) is 108 cm³/mol. The lowest BCUT2D eigenvalue weighted by Gasteiger charge is -2.22. The Morgan fingerprint density at radius 1 is 1.34 bits per heavy atom. The molecule has 0 radical (unpaired) electrons. The maximum absolute atomic E-state index is 12.3. The standard InChI is InChI=1S/C21H25N5O3/c1-14(23-20(27)11-17-5-3-4-10-29-17)21-24-19-12-18(22-13-26(19)25-21)15-6-8-16(28-2)9-7-15/h6-9,12-14,17H,3-5,10-11H2,1-2H3,(H,23,27)/t14-,17+/m0/s1. The highest BCUT2D eigenvalue weighted by Crippen LogP contribution is 2.22. The van der Waals surface area contributed by atoms with E-state index in [9.17, 15) is 4.79 Å². The van der Waals surface area contributed by atoms with Crippen LogP contribution in [0.1, 0.15) is 44.5 Å². The number of aromatic nitrogens is 4. The van der Waals surface area contributed by atoms with Gasteiger partial charge < -0.3 is 14.8 Å². The maximum atomic E-state index is 12.3. The fraction of sp³-hybridized carbons (Fsp3) is 0.429. The molecule has 3 aromatic rings. The average molecular weight is 395 g/mol. The molecule has 0 unspecified atom stereocenters. The molecular weight excluding hydrogens is 370 g/mol. The monoisotopic (exact) mass is 395 g/mol. The molecule has 3 heterocycles. The second-order valence-electron chi connectivity index (χ2n) is 7.26. The van der Waals surface area contributed by atoms with Crippen molar-refractivity contribution < 1.29 is 14.3 Å². The average Bonchev–Trinajstić information content (AvgIpc) is 3.18. The Balaban J connectivity index is 1.45. The Bertz CT molecular complexity index is 980. The molecule has 29 heavy (non-hydrogen) atoms. The van der Waals surface area contributed by atoms with Gasteiger partial charge in [0, 0.05) is 18.2 Å². The van der Waals surface area contributed by atoms with E-state index in [0.29, 0.717) is 17.9 Å². The zero-order valence-electron chi connectivity index (χ0n) is 16.7. The molecule has 2 aromatic heterocycles. The van der Waals surface area contributed by atoms with Crippen LogP contribution in [0.3, 0.4) is 0 Å². The van der Waals surface area contributed by atoms with Gasteiger partial charge >= 0.3 is 0 Å². The fourth-order valence-electron chi connectivity index (χ4n) is 3.46. The minimum atomic E-state index is -0.296. The molecule has 4 rings (SSSR count). The van der Waals surface area contributed by atoms with Crippen LogP contribution >= 0.6 is 0 Å². The first-order valence-corrected chi connectivity index (χ1v) is 9.90. The summed E-state index contributed by atoms with van der Waals surface area (Å²) in [7, 11) is 1.64. The molecule has 1 aliphatic heterocycles. The van der Waals surface area contributed by atoms with Crippen molar-refractivity contribution in [2.45, 2.75) is 44.8 Å². The Labute approximate surface area is 169 Å². The van der Waals surface area contributed by atoms with Gasteiger partial charge in [0.25, 0.3) is 0 Å². The highest BCUT2D eigenvalue weighted by atomic mass is 16.5. The molecule has 0 saturated carbocycles. The van der Waals surface area contributed by atoms with E-state index in [1.54, 1.807) is 18.0 Å². The van der Waals surface area contributed by atoms with Crippen LogP contribution in [0.2, 0.25) is 0 Å². The number of nitrogens with one attached hydrogen (secondary N) is 1. The molecule has 8 nitrogen and oxygen atoms in total. The number of methoxy groups -OCH3 is 1. The van der Waals surface area contributed by atoms with E-state index in [1.807, 2.05) is 37.3 Å². The quantitative estimate of drug-likeness (QED) is 0.690. The summed E-state index contributed by atoms with van der Waals surface area (Å²) in [6.45, 7) is 2.62. The van der Waals surface area contributed by atoms with Gasteiger partial charge in [-0.1, -0.05) is 0 Å². The van der Waals surface area contributed by atoms with Gasteiger partial charge in [-0.15, -0.1) is 5.10 Å². The summed E-state index contributed by atoms with van der Waals surface area (Å²) in [5, 5.41) is 7.42. The molecule has 152 valence electrons. The van der Waals surface area contributed by atoms with Crippen LogP contribution in [-0.2, 0) is 9.53 Å². The third-order valence-electron chi connectivity index (χ3n) is 5.08. The summed E-state index contributed by atoms with van der Waals surface area (Å²) in [5.74, 6) is 1.31. The number of ether oxygens (including phenoxy) is 2. The SMILES string of the molecule is COc1ccc(-c2cc3nc([C@H](C)NC(=O)C[C@H]4CCCCO4)nn3cn2)cc1. The Hall–Kier alpha value is -3.00. The van der Waals surface area contributed by atoms with Gasteiger partial charge in [0.15, 0.2) is 11.5 Å². The van der Waals surface area contributed by atoms with Crippen molar-refractivity contribution in [2.24, 2.45) is 0 Å². The van der Waals surface area contributed by atoms with E-state index >= 15 is 0 Å². The van der Waals surface area contributed by atoms with Crippen LogP contribution in [0.5, 0.6) is 5.75 Å². The largest absolute Gasteiger partial charge is 0.497 e. The molecule has 1 N–H and O–H groups in total. The van der Waals surface area contributed by atoms with Crippen molar-refractivity contribution in [3.05, 3.63) is 42.5 Å². The Morgan fingerprint density at radius 3 is 2.90 bits per heavy atom. The number of carbonyl (C=O) groups is 1. The zero-order chi connectivity index (χ0) is 20.2. The second-order valence-corrected chi connectivity index (χ2v) is 7.26. The van der Waals surface area contributed by atoms with E-state index < -0.39 is 0 Å².